The van der Waals surface area contributed by atoms with Gasteiger partial charge in [-0.2, -0.15) is 0 Å². The van der Waals surface area contributed by atoms with Crippen LogP contribution in [0, 0.1) is 6.92 Å². The predicted molar refractivity (Wildman–Crippen MR) is 109 cm³/mol. The van der Waals surface area contributed by atoms with Gasteiger partial charge in [-0.25, -0.2) is 0 Å². The number of hydrogen-bond donors (Lipinski definition) is 2. The van der Waals surface area contributed by atoms with E-state index in [4.69, 9.17) is 17.0 Å². The Balaban J connectivity index is 2.32. The van der Waals surface area contributed by atoms with Crippen LogP contribution in [0.5, 0.6) is 5.75 Å². The number of ether oxygens (including phenoxy) is 1. The fourth-order valence-corrected chi connectivity index (χ4v) is 2.50. The van der Waals surface area contributed by atoms with Gasteiger partial charge in [-0.15, -0.1) is 11.8 Å². The summed E-state index contributed by atoms with van der Waals surface area (Å²) >= 11 is 6.56. The van der Waals surface area contributed by atoms with Crippen LogP contribution in [0.4, 0.5) is 5.69 Å². The molecule has 2 N–H and O–H groups in total. The van der Waals surface area contributed by atoms with Gasteiger partial charge in [0.2, 0.25) is 0 Å². The molecule has 130 valence electrons. The summed E-state index contributed by atoms with van der Waals surface area (Å²) in [6, 6.07) is 12.3. The summed E-state index contributed by atoms with van der Waals surface area (Å²) in [5.74, 6) is 0.273. The van der Waals surface area contributed by atoms with Gasteiger partial charge in [-0.1, -0.05) is 23.8 Å². The number of carbonyl (C=O) groups excluding carboxylic acids is 1. The third-order valence-corrected chi connectivity index (χ3v) is 4.59. The Morgan fingerprint density at radius 3 is 2.52 bits per heavy atom. The van der Waals surface area contributed by atoms with Crippen molar-refractivity contribution in [3.8, 4) is 5.75 Å². The van der Waals surface area contributed by atoms with Gasteiger partial charge in [0.05, 0.1) is 12.8 Å². The minimum Gasteiger partial charge on any atom is -0.507 e. The van der Waals surface area contributed by atoms with Crippen molar-refractivity contribution in [3.63, 3.8) is 0 Å². The van der Waals surface area contributed by atoms with Crippen molar-refractivity contribution in [3.05, 3.63) is 65.2 Å². The molecule has 0 amide bonds. The van der Waals surface area contributed by atoms with E-state index < -0.39 is 0 Å². The molecular formula is C19H19NO3S2. The van der Waals surface area contributed by atoms with Crippen LogP contribution in [0.2, 0.25) is 0 Å². The number of anilines is 1. The molecule has 2 aromatic rings. The molecule has 0 aliphatic rings. The zero-order chi connectivity index (χ0) is 18.4. The van der Waals surface area contributed by atoms with Crippen LogP contribution in [-0.4, -0.2) is 28.6 Å². The first-order valence-electron chi connectivity index (χ1n) is 7.49. The highest BCUT2D eigenvalue weighted by atomic mass is 32.2. The van der Waals surface area contributed by atoms with Crippen LogP contribution in [0.3, 0.4) is 0 Å². The normalized spacial score (nSPS) is 11.1. The third-order valence-electron chi connectivity index (χ3n) is 3.52. The van der Waals surface area contributed by atoms with Crippen molar-refractivity contribution in [2.45, 2.75) is 6.92 Å². The van der Waals surface area contributed by atoms with Gasteiger partial charge in [-0.05, 0) is 49.6 Å². The number of carbonyl (C=O) groups is 1. The summed E-state index contributed by atoms with van der Waals surface area (Å²) in [5.41, 5.74) is 2.56. The number of aliphatic hydroxyl groups excluding tert-OH is 1. The quantitative estimate of drug-likeness (QED) is 0.338. The lowest BCUT2D eigenvalue weighted by molar-refractivity contribution is 0.104. The maximum absolute atomic E-state index is 12.6. The number of ketones is 1. The number of hydrogen-bond acceptors (Lipinski definition) is 5. The van der Waals surface area contributed by atoms with Crippen LogP contribution < -0.4 is 10.1 Å². The molecule has 4 nitrogen and oxygen atoms in total. The molecular weight excluding hydrogens is 354 g/mol. The van der Waals surface area contributed by atoms with Crippen LogP contribution in [-0.2, 0) is 0 Å². The van der Waals surface area contributed by atoms with E-state index in [9.17, 15) is 9.90 Å². The molecule has 0 saturated heterocycles. The number of aliphatic hydroxyl groups is 1. The number of nitrogens with one attached hydrogen (secondary N) is 1. The number of allylic oxidation sites excluding steroid dienone is 1. The van der Waals surface area contributed by atoms with E-state index in [2.05, 4.69) is 5.32 Å². The fraction of sp³-hybridized carbons (Fsp3) is 0.158. The van der Waals surface area contributed by atoms with Gasteiger partial charge in [0.25, 0.3) is 0 Å². The van der Waals surface area contributed by atoms with Crippen molar-refractivity contribution in [2.24, 2.45) is 0 Å². The maximum atomic E-state index is 12.6. The van der Waals surface area contributed by atoms with E-state index in [0.29, 0.717) is 26.9 Å². The summed E-state index contributed by atoms with van der Waals surface area (Å²) in [7, 11) is 1.57. The molecule has 0 aromatic heterocycles. The minimum atomic E-state index is -0.302. The molecule has 0 heterocycles. The first kappa shape index (κ1) is 19.0. The molecule has 6 heteroatoms. The lowest BCUT2D eigenvalue weighted by Gasteiger charge is -2.11. The minimum absolute atomic E-state index is 0.104. The number of methoxy groups -OCH3 is 1. The molecule has 0 bridgehead atoms. The lowest BCUT2D eigenvalue weighted by atomic mass is 10.0. The molecule has 0 fully saturated rings. The number of thiocarbonyl (C=S) groups is 1. The first-order chi connectivity index (χ1) is 11.9. The number of benzene rings is 2. The van der Waals surface area contributed by atoms with Crippen LogP contribution in [0.25, 0.3) is 5.76 Å². The van der Waals surface area contributed by atoms with Gasteiger partial charge >= 0.3 is 0 Å². The van der Waals surface area contributed by atoms with E-state index in [-0.39, 0.29) is 11.5 Å². The molecule has 0 spiro atoms. The Hall–Kier alpha value is -2.31. The van der Waals surface area contributed by atoms with Crippen LogP contribution in [0.15, 0.2) is 48.5 Å². The lowest BCUT2D eigenvalue weighted by Crippen LogP contribution is -2.09. The SMILES string of the molecule is COc1ccc(/C(O)=C/C(=O)c2cc(C)ccc2NC(=S)SC)cc1. The average molecular weight is 373 g/mol. The Labute approximate surface area is 156 Å². The second kappa shape index (κ2) is 8.69. The zero-order valence-electron chi connectivity index (χ0n) is 14.2. The van der Waals surface area contributed by atoms with E-state index in [1.807, 2.05) is 25.3 Å². The Morgan fingerprint density at radius 2 is 1.92 bits per heavy atom. The van der Waals surface area contributed by atoms with Gasteiger partial charge in [-0.3, -0.25) is 4.79 Å². The van der Waals surface area contributed by atoms with Crippen molar-refractivity contribution in [1.82, 2.24) is 0 Å². The molecule has 2 rings (SSSR count). The third kappa shape index (κ3) is 5.08. The van der Waals surface area contributed by atoms with Crippen molar-refractivity contribution >= 4 is 45.5 Å². The molecule has 0 atom stereocenters. The smallest absolute Gasteiger partial charge is 0.191 e. The van der Waals surface area contributed by atoms with E-state index >= 15 is 0 Å². The van der Waals surface area contributed by atoms with Crippen molar-refractivity contribution in [2.75, 3.05) is 18.7 Å². The molecule has 0 unspecified atom stereocenters. The van der Waals surface area contributed by atoms with E-state index in [1.54, 1.807) is 37.4 Å². The van der Waals surface area contributed by atoms with Gasteiger partial charge in [0.15, 0.2) is 5.78 Å². The summed E-state index contributed by atoms with van der Waals surface area (Å²) in [6.07, 6.45) is 3.07. The molecule has 2 aromatic carbocycles. The molecule has 0 saturated carbocycles. The van der Waals surface area contributed by atoms with Crippen LogP contribution >= 0.6 is 24.0 Å². The van der Waals surface area contributed by atoms with Crippen molar-refractivity contribution in [1.29, 1.82) is 0 Å². The zero-order valence-corrected chi connectivity index (χ0v) is 15.8. The highest BCUT2D eigenvalue weighted by molar-refractivity contribution is 8.22. The second-order valence-corrected chi connectivity index (χ2v) is 6.77. The predicted octanol–water partition coefficient (Wildman–Crippen LogP) is 4.85. The molecule has 0 aliphatic heterocycles. The topological polar surface area (TPSA) is 58.6 Å². The monoisotopic (exact) mass is 373 g/mol. The fourth-order valence-electron chi connectivity index (χ4n) is 2.18. The first-order valence-corrected chi connectivity index (χ1v) is 9.13. The summed E-state index contributed by atoms with van der Waals surface area (Å²) < 4.78 is 5.66. The van der Waals surface area contributed by atoms with Crippen LogP contribution in [0.1, 0.15) is 21.5 Å². The second-order valence-electron chi connectivity index (χ2n) is 5.29. The molecule has 25 heavy (non-hydrogen) atoms. The molecule has 0 radical (unpaired) electrons. The van der Waals surface area contributed by atoms with Gasteiger partial charge in [0.1, 0.15) is 15.8 Å². The Morgan fingerprint density at radius 1 is 1.24 bits per heavy atom. The number of thioether (sulfide) groups is 1. The largest absolute Gasteiger partial charge is 0.507 e. The highest BCUT2D eigenvalue weighted by Crippen LogP contribution is 2.22. The van der Waals surface area contributed by atoms with E-state index in [1.165, 1.54) is 17.8 Å². The van der Waals surface area contributed by atoms with Gasteiger partial charge < -0.3 is 15.2 Å². The number of aryl methyl sites for hydroxylation is 1. The van der Waals surface area contributed by atoms with Crippen molar-refractivity contribution < 1.29 is 14.6 Å². The standard InChI is InChI=1S/C19H19NO3S2/c1-12-4-9-16(20-19(24)25-3)15(10-12)18(22)11-17(21)13-5-7-14(23-2)8-6-13/h4-11,21H,1-3H3,(H,20,24)/b17-11-. The number of rotatable bonds is 5. The summed E-state index contributed by atoms with van der Waals surface area (Å²) in [6.45, 7) is 1.90. The van der Waals surface area contributed by atoms with E-state index in [0.717, 1.165) is 5.56 Å². The Kier molecular flexibility index (Phi) is 6.61. The highest BCUT2D eigenvalue weighted by Gasteiger charge is 2.13. The maximum Gasteiger partial charge on any atom is 0.191 e. The summed E-state index contributed by atoms with van der Waals surface area (Å²) in [4.78, 5) is 12.6. The summed E-state index contributed by atoms with van der Waals surface area (Å²) in [5, 5.41) is 13.3. The molecule has 0 aliphatic carbocycles. The Bertz CT molecular complexity index is 814. The average Bonchev–Trinajstić information content (AvgIpc) is 2.62. The van der Waals surface area contributed by atoms with Gasteiger partial charge in [0, 0.05) is 17.2 Å².